The van der Waals surface area contributed by atoms with Crippen molar-refractivity contribution >= 4 is 17.0 Å². The third-order valence-corrected chi connectivity index (χ3v) is 3.84. The number of aromatic carboxylic acids is 1. The number of fused-ring (bicyclic) bond motifs is 1. The van der Waals surface area contributed by atoms with Crippen molar-refractivity contribution in [2.45, 2.75) is 33.2 Å². The molecule has 0 aliphatic carbocycles. The molecule has 1 aromatic heterocycles. The number of aryl methyl sites for hydroxylation is 1. The van der Waals surface area contributed by atoms with Gasteiger partial charge in [0.1, 0.15) is 5.82 Å². The third kappa shape index (κ3) is 2.41. The number of imidazole rings is 1. The van der Waals surface area contributed by atoms with Gasteiger partial charge in [-0.15, -0.1) is 0 Å². The van der Waals surface area contributed by atoms with E-state index in [0.29, 0.717) is 5.52 Å². The van der Waals surface area contributed by atoms with Crippen LogP contribution < -0.4 is 0 Å². The van der Waals surface area contributed by atoms with Crippen molar-refractivity contribution < 1.29 is 15.0 Å². The molecule has 0 aliphatic rings. The predicted octanol–water partition coefficient (Wildman–Crippen LogP) is 2.49. The molecule has 2 atom stereocenters. The lowest BCUT2D eigenvalue weighted by atomic mass is 10.0. The first-order chi connectivity index (χ1) is 9.49. The summed E-state index contributed by atoms with van der Waals surface area (Å²) in [7, 11) is 0. The van der Waals surface area contributed by atoms with Crippen LogP contribution in [0.4, 0.5) is 0 Å². The number of aromatic nitrogens is 2. The van der Waals surface area contributed by atoms with Crippen LogP contribution in [0.3, 0.4) is 0 Å². The topological polar surface area (TPSA) is 75.3 Å². The van der Waals surface area contributed by atoms with Crippen LogP contribution in [0.1, 0.15) is 43.0 Å². The van der Waals surface area contributed by atoms with Crippen molar-refractivity contribution in [3.8, 4) is 0 Å². The first-order valence-corrected chi connectivity index (χ1v) is 6.84. The molecule has 0 spiro atoms. The van der Waals surface area contributed by atoms with Crippen LogP contribution in [0.15, 0.2) is 18.2 Å². The van der Waals surface area contributed by atoms with Gasteiger partial charge < -0.3 is 14.8 Å². The zero-order valence-corrected chi connectivity index (χ0v) is 12.0. The number of nitrogens with zero attached hydrogens (tertiary/aromatic N) is 2. The van der Waals surface area contributed by atoms with Crippen LogP contribution in [0, 0.1) is 5.92 Å². The van der Waals surface area contributed by atoms with E-state index in [2.05, 4.69) is 9.55 Å². The Kier molecular flexibility index (Phi) is 4.09. The van der Waals surface area contributed by atoms with E-state index in [1.54, 1.807) is 18.2 Å². The summed E-state index contributed by atoms with van der Waals surface area (Å²) in [5.74, 6) is 0.0727. The Labute approximate surface area is 117 Å². The molecule has 0 saturated carbocycles. The summed E-state index contributed by atoms with van der Waals surface area (Å²) in [6.45, 7) is 6.16. The molecule has 0 amide bonds. The molecule has 5 nitrogen and oxygen atoms in total. The molecule has 0 saturated heterocycles. The van der Waals surface area contributed by atoms with Gasteiger partial charge in [-0.3, -0.25) is 0 Å². The quantitative estimate of drug-likeness (QED) is 0.879. The largest absolute Gasteiger partial charge is 0.478 e. The lowest BCUT2D eigenvalue weighted by Crippen LogP contribution is -2.19. The second kappa shape index (κ2) is 5.63. The highest BCUT2D eigenvalue weighted by molar-refractivity contribution is 5.92. The average molecular weight is 276 g/mol. The van der Waals surface area contributed by atoms with Crippen LogP contribution in [0.5, 0.6) is 0 Å². The number of carboxylic acids is 1. The number of benzene rings is 1. The minimum atomic E-state index is -0.948. The molecule has 0 bridgehead atoms. The highest BCUT2D eigenvalue weighted by Gasteiger charge is 2.20. The van der Waals surface area contributed by atoms with Gasteiger partial charge in [-0.2, -0.15) is 0 Å². The van der Waals surface area contributed by atoms with Crippen molar-refractivity contribution in [2.24, 2.45) is 5.92 Å². The number of aliphatic hydroxyl groups is 1. The molecule has 0 aliphatic heterocycles. The van der Waals surface area contributed by atoms with E-state index >= 15 is 0 Å². The maximum absolute atomic E-state index is 11.0. The van der Waals surface area contributed by atoms with Crippen LogP contribution in [-0.4, -0.2) is 32.3 Å². The maximum atomic E-state index is 11.0. The Balaban J connectivity index is 2.60. The van der Waals surface area contributed by atoms with Crippen LogP contribution >= 0.6 is 0 Å². The molecular weight excluding hydrogens is 256 g/mol. The second-order valence-electron chi connectivity index (χ2n) is 5.16. The Morgan fingerprint density at radius 1 is 1.40 bits per heavy atom. The Bertz CT molecular complexity index is 633. The second-order valence-corrected chi connectivity index (χ2v) is 5.16. The lowest BCUT2D eigenvalue weighted by molar-refractivity contribution is 0.0697. The van der Waals surface area contributed by atoms with E-state index in [9.17, 15) is 9.90 Å². The molecule has 0 radical (unpaired) electrons. The standard InChI is InChI=1S/C15H20N2O3/c1-4-14-16-12-7-11(15(19)20)5-6-13(12)17(14)10(3)9(2)8-18/h5-7,9-10,18H,4,8H2,1-3H3,(H,19,20). The predicted molar refractivity (Wildman–Crippen MR) is 77.0 cm³/mol. The van der Waals surface area contributed by atoms with Crippen LogP contribution in [0.25, 0.3) is 11.0 Å². The molecule has 2 N–H and O–H groups in total. The number of rotatable bonds is 5. The number of aliphatic hydroxyl groups excluding tert-OH is 1. The summed E-state index contributed by atoms with van der Waals surface area (Å²) in [6.07, 6.45) is 0.763. The normalized spacial score (nSPS) is 14.4. The van der Waals surface area contributed by atoms with Gasteiger partial charge in [-0.25, -0.2) is 9.78 Å². The number of hydrogen-bond acceptors (Lipinski definition) is 3. The van der Waals surface area contributed by atoms with E-state index in [1.165, 1.54) is 0 Å². The minimum absolute atomic E-state index is 0.107. The van der Waals surface area contributed by atoms with Gasteiger partial charge in [0.2, 0.25) is 0 Å². The fraction of sp³-hybridized carbons (Fsp3) is 0.467. The summed E-state index contributed by atoms with van der Waals surface area (Å²) >= 11 is 0. The third-order valence-electron chi connectivity index (χ3n) is 3.84. The van der Waals surface area contributed by atoms with Gasteiger partial charge in [0.25, 0.3) is 0 Å². The highest BCUT2D eigenvalue weighted by atomic mass is 16.4. The van der Waals surface area contributed by atoms with E-state index in [1.807, 2.05) is 20.8 Å². The Morgan fingerprint density at radius 3 is 2.65 bits per heavy atom. The minimum Gasteiger partial charge on any atom is -0.478 e. The molecule has 2 rings (SSSR count). The van der Waals surface area contributed by atoms with E-state index in [-0.39, 0.29) is 24.1 Å². The van der Waals surface area contributed by atoms with Gasteiger partial charge in [0.15, 0.2) is 0 Å². The number of carbonyl (C=O) groups is 1. The van der Waals surface area contributed by atoms with Crippen molar-refractivity contribution in [1.82, 2.24) is 9.55 Å². The van der Waals surface area contributed by atoms with E-state index in [4.69, 9.17) is 5.11 Å². The molecule has 0 fully saturated rings. The zero-order valence-electron chi connectivity index (χ0n) is 12.0. The van der Waals surface area contributed by atoms with Gasteiger partial charge in [0.05, 0.1) is 16.6 Å². The molecule has 20 heavy (non-hydrogen) atoms. The molecule has 1 aromatic carbocycles. The monoisotopic (exact) mass is 276 g/mol. The van der Waals surface area contributed by atoms with E-state index in [0.717, 1.165) is 17.8 Å². The smallest absolute Gasteiger partial charge is 0.335 e. The first kappa shape index (κ1) is 14.5. The molecule has 5 heteroatoms. The highest BCUT2D eigenvalue weighted by Crippen LogP contribution is 2.27. The average Bonchev–Trinajstić information content (AvgIpc) is 2.82. The van der Waals surface area contributed by atoms with Gasteiger partial charge in [-0.05, 0) is 31.0 Å². The fourth-order valence-corrected chi connectivity index (χ4v) is 2.39. The summed E-state index contributed by atoms with van der Waals surface area (Å²) in [4.78, 5) is 15.6. The number of carboxylic acid groups (broad SMARTS) is 1. The summed E-state index contributed by atoms with van der Waals surface area (Å²) in [5.41, 5.74) is 1.85. The lowest BCUT2D eigenvalue weighted by Gasteiger charge is -2.22. The maximum Gasteiger partial charge on any atom is 0.335 e. The van der Waals surface area contributed by atoms with Crippen molar-refractivity contribution in [3.63, 3.8) is 0 Å². The van der Waals surface area contributed by atoms with E-state index < -0.39 is 5.97 Å². The summed E-state index contributed by atoms with van der Waals surface area (Å²) in [5, 5.41) is 18.4. The Hall–Kier alpha value is -1.88. The van der Waals surface area contributed by atoms with Gasteiger partial charge in [0, 0.05) is 19.1 Å². The zero-order chi connectivity index (χ0) is 14.9. The van der Waals surface area contributed by atoms with Crippen molar-refractivity contribution in [2.75, 3.05) is 6.61 Å². The van der Waals surface area contributed by atoms with Crippen molar-refractivity contribution in [1.29, 1.82) is 0 Å². The van der Waals surface area contributed by atoms with Gasteiger partial charge >= 0.3 is 5.97 Å². The Morgan fingerprint density at radius 2 is 2.10 bits per heavy atom. The van der Waals surface area contributed by atoms with Gasteiger partial charge in [-0.1, -0.05) is 13.8 Å². The molecule has 1 heterocycles. The number of hydrogen-bond donors (Lipinski definition) is 2. The summed E-state index contributed by atoms with van der Waals surface area (Å²) in [6, 6.07) is 5.10. The van der Waals surface area contributed by atoms with Crippen molar-refractivity contribution in [3.05, 3.63) is 29.6 Å². The van der Waals surface area contributed by atoms with Crippen LogP contribution in [0.2, 0.25) is 0 Å². The molecular formula is C15H20N2O3. The molecule has 2 unspecified atom stereocenters. The summed E-state index contributed by atoms with van der Waals surface area (Å²) < 4.78 is 2.10. The molecule has 2 aromatic rings. The fourth-order valence-electron chi connectivity index (χ4n) is 2.39. The molecule has 108 valence electrons. The van der Waals surface area contributed by atoms with Crippen LogP contribution in [-0.2, 0) is 6.42 Å². The SMILES string of the molecule is CCc1nc2cc(C(=O)O)ccc2n1C(C)C(C)CO. The first-order valence-electron chi connectivity index (χ1n) is 6.84.